The van der Waals surface area contributed by atoms with Gasteiger partial charge in [-0.05, 0) is 20.3 Å². The van der Waals surface area contributed by atoms with Gasteiger partial charge in [-0.1, -0.05) is 20.1 Å². The van der Waals surface area contributed by atoms with Crippen molar-refractivity contribution in [3.05, 3.63) is 36.1 Å². The molecule has 0 amide bonds. The van der Waals surface area contributed by atoms with Gasteiger partial charge in [-0.25, -0.2) is 9.59 Å². The predicted octanol–water partition coefficient (Wildman–Crippen LogP) is 1.79. The molecule has 8 heteroatoms. The van der Waals surface area contributed by atoms with Gasteiger partial charge in [-0.2, -0.15) is 0 Å². The van der Waals surface area contributed by atoms with E-state index < -0.39 is 53.5 Å². The molecule has 29 heavy (non-hydrogen) atoms. The van der Waals surface area contributed by atoms with Crippen molar-refractivity contribution < 1.29 is 38.1 Å². The van der Waals surface area contributed by atoms with Crippen molar-refractivity contribution in [2.24, 2.45) is 11.8 Å². The van der Waals surface area contributed by atoms with Crippen LogP contribution in [0.15, 0.2) is 36.1 Å². The highest BCUT2D eigenvalue weighted by Gasteiger charge is 2.60. The van der Waals surface area contributed by atoms with Crippen LogP contribution >= 0.6 is 0 Å². The Morgan fingerprint density at radius 2 is 1.90 bits per heavy atom. The zero-order chi connectivity index (χ0) is 21.7. The van der Waals surface area contributed by atoms with Crippen LogP contribution in [-0.2, 0) is 38.1 Å². The molecule has 0 spiro atoms. The van der Waals surface area contributed by atoms with Gasteiger partial charge in [-0.15, -0.1) is 0 Å². The van der Waals surface area contributed by atoms with Crippen molar-refractivity contribution in [1.29, 1.82) is 0 Å². The Morgan fingerprint density at radius 3 is 2.48 bits per heavy atom. The van der Waals surface area contributed by atoms with Crippen molar-refractivity contribution >= 4 is 23.7 Å². The summed E-state index contributed by atoms with van der Waals surface area (Å²) in [7, 11) is 0. The molecule has 8 nitrogen and oxygen atoms in total. The van der Waals surface area contributed by atoms with E-state index in [0.717, 1.165) is 0 Å². The van der Waals surface area contributed by atoms with Gasteiger partial charge in [0.25, 0.3) is 0 Å². The molecule has 3 heterocycles. The molecule has 0 aromatic rings. The van der Waals surface area contributed by atoms with Gasteiger partial charge in [0.1, 0.15) is 11.9 Å². The van der Waals surface area contributed by atoms with Crippen LogP contribution in [0.3, 0.4) is 0 Å². The highest BCUT2D eigenvalue weighted by Crippen LogP contribution is 2.45. The van der Waals surface area contributed by atoms with Gasteiger partial charge in [0, 0.05) is 30.1 Å². The van der Waals surface area contributed by atoms with E-state index in [1.54, 1.807) is 0 Å². The van der Waals surface area contributed by atoms with Crippen LogP contribution in [0.1, 0.15) is 34.1 Å². The SMILES string of the molecule is C=C(C)C(=O)O[C@H]1[C@H]2C(=C)C(=O)O[C@@H]2C[C@H](C)C2=CC(=O)[C@](C)(O2)[C@H]1OC(C)=O. The summed E-state index contributed by atoms with van der Waals surface area (Å²) < 4.78 is 22.5. The topological polar surface area (TPSA) is 105 Å². The number of carbonyl (C=O) groups is 4. The van der Waals surface area contributed by atoms with Gasteiger partial charge in [0.05, 0.1) is 5.92 Å². The Kier molecular flexibility index (Phi) is 5.15. The molecule has 3 aliphatic heterocycles. The fourth-order valence-corrected chi connectivity index (χ4v) is 3.97. The number of allylic oxidation sites excluding steroid dienone is 1. The molecule has 0 radical (unpaired) electrons. The third kappa shape index (κ3) is 3.47. The maximum Gasteiger partial charge on any atom is 0.334 e. The first kappa shape index (κ1) is 20.8. The summed E-state index contributed by atoms with van der Waals surface area (Å²) in [4.78, 5) is 49.4. The number of rotatable bonds is 3. The lowest BCUT2D eigenvalue weighted by atomic mass is 9.78. The van der Waals surface area contributed by atoms with Gasteiger partial charge in [-0.3, -0.25) is 9.59 Å². The van der Waals surface area contributed by atoms with Crippen molar-refractivity contribution in [2.75, 3.05) is 0 Å². The second-order valence-electron chi connectivity index (χ2n) is 7.93. The minimum Gasteiger partial charge on any atom is -0.479 e. The summed E-state index contributed by atoms with van der Waals surface area (Å²) in [6, 6.07) is 0. The number of carbonyl (C=O) groups excluding carboxylic acids is 4. The molecule has 2 bridgehead atoms. The number of esters is 3. The lowest BCUT2D eigenvalue weighted by Crippen LogP contribution is -2.57. The molecule has 0 aromatic carbocycles. The quantitative estimate of drug-likeness (QED) is 0.398. The zero-order valence-electron chi connectivity index (χ0n) is 16.9. The maximum absolute atomic E-state index is 12.9. The van der Waals surface area contributed by atoms with E-state index >= 15 is 0 Å². The lowest BCUT2D eigenvalue weighted by Gasteiger charge is -2.38. The summed E-state index contributed by atoms with van der Waals surface area (Å²) in [5.41, 5.74) is -1.44. The first-order chi connectivity index (χ1) is 13.5. The molecule has 3 rings (SSSR count). The van der Waals surface area contributed by atoms with Gasteiger partial charge in [0.2, 0.25) is 11.4 Å². The average molecular weight is 404 g/mol. The van der Waals surface area contributed by atoms with Crippen molar-refractivity contribution in [3.63, 3.8) is 0 Å². The van der Waals surface area contributed by atoms with E-state index in [2.05, 4.69) is 13.2 Å². The summed E-state index contributed by atoms with van der Waals surface area (Å²) in [6.07, 6.45) is -1.58. The molecule has 156 valence electrons. The average Bonchev–Trinajstić information content (AvgIpc) is 3.08. The number of fused-ring (bicyclic) bond motifs is 3. The summed E-state index contributed by atoms with van der Waals surface area (Å²) in [5.74, 6) is -3.18. The monoisotopic (exact) mass is 404 g/mol. The first-order valence-electron chi connectivity index (χ1n) is 9.34. The summed E-state index contributed by atoms with van der Waals surface area (Å²) in [5, 5.41) is 0. The molecule has 2 saturated heterocycles. The fourth-order valence-electron chi connectivity index (χ4n) is 3.97. The van der Waals surface area contributed by atoms with E-state index in [1.807, 2.05) is 6.92 Å². The molecular weight excluding hydrogens is 380 g/mol. The molecule has 0 aliphatic carbocycles. The van der Waals surface area contributed by atoms with E-state index in [-0.39, 0.29) is 17.1 Å². The molecule has 0 unspecified atom stereocenters. The third-order valence-electron chi connectivity index (χ3n) is 5.57. The predicted molar refractivity (Wildman–Crippen MR) is 99.1 cm³/mol. The van der Waals surface area contributed by atoms with Crippen molar-refractivity contribution in [2.45, 2.75) is 58.0 Å². The summed E-state index contributed by atoms with van der Waals surface area (Å²) in [6.45, 7) is 13.3. The zero-order valence-corrected chi connectivity index (χ0v) is 16.9. The Morgan fingerprint density at radius 1 is 1.24 bits per heavy atom. The second kappa shape index (κ2) is 7.17. The van der Waals surface area contributed by atoms with Crippen LogP contribution in [0, 0.1) is 11.8 Å². The molecule has 3 aliphatic rings. The Labute approximate surface area is 168 Å². The molecular formula is C21H24O8. The van der Waals surface area contributed by atoms with Gasteiger partial charge >= 0.3 is 17.9 Å². The molecule has 2 fully saturated rings. The first-order valence-corrected chi connectivity index (χ1v) is 9.34. The van der Waals surface area contributed by atoms with E-state index in [0.29, 0.717) is 12.2 Å². The van der Waals surface area contributed by atoms with Crippen molar-refractivity contribution in [1.82, 2.24) is 0 Å². The highest BCUT2D eigenvalue weighted by molar-refractivity contribution is 6.00. The molecule has 0 N–H and O–H groups in total. The molecule has 0 aromatic heterocycles. The molecule has 6 atom stereocenters. The van der Waals surface area contributed by atoms with Crippen molar-refractivity contribution in [3.8, 4) is 0 Å². The number of ether oxygens (including phenoxy) is 4. The standard InChI is InChI=1S/C21H24O8/c1-9(2)19(24)28-17-16-11(4)20(25)27-14(16)7-10(3)13-8-15(23)21(6,29-13)18(17)26-12(5)22/h8,10,14,16-18H,1,4,7H2,2-3,5-6H3/t10-,14+,16-,17-,18-,21-/m0/s1. The number of hydrogen-bond donors (Lipinski definition) is 0. The van der Waals surface area contributed by atoms with Crippen LogP contribution in [0.4, 0.5) is 0 Å². The van der Waals surface area contributed by atoms with Gasteiger partial charge < -0.3 is 18.9 Å². The van der Waals surface area contributed by atoms with E-state index in [9.17, 15) is 19.2 Å². The van der Waals surface area contributed by atoms with E-state index in [1.165, 1.54) is 26.8 Å². The Hall–Kier alpha value is -2.90. The van der Waals surface area contributed by atoms with Gasteiger partial charge in [0.15, 0.2) is 12.2 Å². The fraction of sp³-hybridized carbons (Fsp3) is 0.524. The minimum absolute atomic E-state index is 0.0849. The van der Waals surface area contributed by atoms with Crippen LogP contribution in [0.2, 0.25) is 0 Å². The Bertz CT molecular complexity index is 853. The molecule has 0 saturated carbocycles. The largest absolute Gasteiger partial charge is 0.479 e. The Balaban J connectivity index is 2.17. The second-order valence-corrected chi connectivity index (χ2v) is 7.93. The van der Waals surface area contributed by atoms with E-state index in [4.69, 9.17) is 18.9 Å². The minimum atomic E-state index is -1.63. The normalized spacial score (nSPS) is 35.9. The van der Waals surface area contributed by atoms with Crippen LogP contribution in [0.25, 0.3) is 0 Å². The highest BCUT2D eigenvalue weighted by atomic mass is 16.6. The van der Waals surface area contributed by atoms with Crippen LogP contribution in [-0.4, -0.2) is 47.6 Å². The smallest absolute Gasteiger partial charge is 0.334 e. The third-order valence-corrected chi connectivity index (χ3v) is 5.57. The van der Waals surface area contributed by atoms with Crippen LogP contribution in [0.5, 0.6) is 0 Å². The number of ketones is 1. The summed E-state index contributed by atoms with van der Waals surface area (Å²) >= 11 is 0. The maximum atomic E-state index is 12.9. The van der Waals surface area contributed by atoms with Crippen LogP contribution < -0.4 is 0 Å². The lowest BCUT2D eigenvalue weighted by molar-refractivity contribution is -0.193. The number of hydrogen-bond acceptors (Lipinski definition) is 8.